The van der Waals surface area contributed by atoms with Crippen molar-refractivity contribution >= 4 is 29.0 Å². The van der Waals surface area contributed by atoms with Crippen molar-refractivity contribution < 1.29 is 9.59 Å². The molecule has 21 heavy (non-hydrogen) atoms. The molecule has 0 aromatic heterocycles. The molecule has 0 saturated carbocycles. The summed E-state index contributed by atoms with van der Waals surface area (Å²) in [5.74, 6) is -0.126. The van der Waals surface area contributed by atoms with Crippen LogP contribution in [0.4, 0.5) is 5.69 Å². The molecule has 3 rings (SSSR count). The zero-order chi connectivity index (χ0) is 15.0. The summed E-state index contributed by atoms with van der Waals surface area (Å²) in [4.78, 5) is 23.8. The number of rotatable bonds is 1. The Morgan fingerprint density at radius 2 is 1.81 bits per heavy atom. The Labute approximate surface area is 127 Å². The van der Waals surface area contributed by atoms with Gasteiger partial charge in [-0.3, -0.25) is 9.59 Å². The highest BCUT2D eigenvalue weighted by Gasteiger charge is 2.21. The van der Waals surface area contributed by atoms with Gasteiger partial charge in [-0.2, -0.15) is 0 Å². The van der Waals surface area contributed by atoms with E-state index in [-0.39, 0.29) is 11.7 Å². The van der Waals surface area contributed by atoms with Crippen LogP contribution in [0.1, 0.15) is 34.0 Å². The van der Waals surface area contributed by atoms with E-state index >= 15 is 0 Å². The zero-order valence-electron chi connectivity index (χ0n) is 11.6. The van der Waals surface area contributed by atoms with E-state index in [9.17, 15) is 9.59 Å². The molecule has 1 aliphatic carbocycles. The number of carbonyl (C=O) groups excluding carboxylic acids is 2. The SMILES string of the molecule is CC(=O)Nc1ccc2c(c1)CCc1ccc(Cl)cc1C2=O. The van der Waals surface area contributed by atoms with Crippen molar-refractivity contribution in [2.75, 3.05) is 5.32 Å². The standard InChI is InChI=1S/C17H14ClNO2/c1-10(20)19-14-6-7-15-12(8-14)3-2-11-4-5-13(18)9-16(11)17(15)21/h4-9H,2-3H2,1H3,(H,19,20). The largest absolute Gasteiger partial charge is 0.326 e. The molecular weight excluding hydrogens is 286 g/mol. The lowest BCUT2D eigenvalue weighted by Crippen LogP contribution is -2.08. The van der Waals surface area contributed by atoms with Gasteiger partial charge in [0.25, 0.3) is 0 Å². The average Bonchev–Trinajstić information content (AvgIpc) is 2.56. The molecule has 0 radical (unpaired) electrons. The third-order valence-corrected chi connectivity index (χ3v) is 3.89. The second-order valence-electron chi connectivity index (χ2n) is 5.18. The predicted octanol–water partition coefficient (Wildman–Crippen LogP) is 3.63. The molecule has 2 aromatic rings. The summed E-state index contributed by atoms with van der Waals surface area (Å²) in [5, 5.41) is 3.32. The summed E-state index contributed by atoms with van der Waals surface area (Å²) in [6.07, 6.45) is 1.55. The molecule has 1 N–H and O–H groups in total. The van der Waals surface area contributed by atoms with Gasteiger partial charge in [0, 0.05) is 28.8 Å². The highest BCUT2D eigenvalue weighted by molar-refractivity contribution is 6.31. The lowest BCUT2D eigenvalue weighted by atomic mass is 9.98. The first-order valence-corrected chi connectivity index (χ1v) is 7.16. The van der Waals surface area contributed by atoms with Crippen LogP contribution in [-0.2, 0) is 17.6 Å². The molecule has 2 aromatic carbocycles. The monoisotopic (exact) mass is 299 g/mol. The van der Waals surface area contributed by atoms with Crippen LogP contribution in [0.3, 0.4) is 0 Å². The smallest absolute Gasteiger partial charge is 0.221 e. The van der Waals surface area contributed by atoms with E-state index in [1.165, 1.54) is 6.92 Å². The summed E-state index contributed by atoms with van der Waals surface area (Å²) >= 11 is 6.01. The molecule has 0 atom stereocenters. The van der Waals surface area contributed by atoms with Gasteiger partial charge in [-0.25, -0.2) is 0 Å². The van der Waals surface area contributed by atoms with Crippen molar-refractivity contribution in [1.82, 2.24) is 0 Å². The number of hydrogen-bond donors (Lipinski definition) is 1. The molecule has 0 spiro atoms. The van der Waals surface area contributed by atoms with Crippen LogP contribution in [0.2, 0.25) is 5.02 Å². The third kappa shape index (κ3) is 2.69. The number of halogens is 1. The first kappa shape index (κ1) is 13.8. The van der Waals surface area contributed by atoms with Crippen molar-refractivity contribution in [1.29, 1.82) is 0 Å². The molecule has 0 fully saturated rings. The number of amides is 1. The maximum Gasteiger partial charge on any atom is 0.221 e. The number of ketones is 1. The molecule has 1 amide bonds. The first-order valence-electron chi connectivity index (χ1n) is 6.78. The minimum absolute atomic E-state index is 0.00521. The van der Waals surface area contributed by atoms with Crippen molar-refractivity contribution in [3.05, 3.63) is 63.7 Å². The lowest BCUT2D eigenvalue weighted by Gasteiger charge is -2.08. The van der Waals surface area contributed by atoms with E-state index in [4.69, 9.17) is 11.6 Å². The number of aryl methyl sites for hydroxylation is 2. The number of anilines is 1. The minimum Gasteiger partial charge on any atom is -0.326 e. The van der Waals surface area contributed by atoms with Gasteiger partial charge in [0.05, 0.1) is 0 Å². The van der Waals surface area contributed by atoms with E-state index in [0.29, 0.717) is 16.1 Å². The Balaban J connectivity index is 2.06. The van der Waals surface area contributed by atoms with Crippen molar-refractivity contribution in [3.63, 3.8) is 0 Å². The normalized spacial score (nSPS) is 13.1. The Morgan fingerprint density at radius 1 is 1.05 bits per heavy atom. The summed E-state index contributed by atoms with van der Waals surface area (Å²) in [7, 11) is 0. The Kier molecular flexibility index (Phi) is 3.52. The van der Waals surface area contributed by atoms with Gasteiger partial charge in [-0.1, -0.05) is 17.7 Å². The molecule has 0 heterocycles. The molecule has 1 aliphatic rings. The van der Waals surface area contributed by atoms with Crippen LogP contribution in [0.5, 0.6) is 0 Å². The van der Waals surface area contributed by atoms with E-state index in [1.54, 1.807) is 18.2 Å². The zero-order valence-corrected chi connectivity index (χ0v) is 12.3. The molecule has 0 unspecified atom stereocenters. The summed E-state index contributed by atoms with van der Waals surface area (Å²) in [6, 6.07) is 10.9. The van der Waals surface area contributed by atoms with Crippen molar-refractivity contribution in [2.45, 2.75) is 19.8 Å². The molecular formula is C17H14ClNO2. The number of hydrogen-bond acceptors (Lipinski definition) is 2. The number of benzene rings is 2. The second kappa shape index (κ2) is 5.34. The molecule has 3 nitrogen and oxygen atoms in total. The van der Waals surface area contributed by atoms with Gasteiger partial charge in [0.1, 0.15) is 0 Å². The van der Waals surface area contributed by atoms with Crippen LogP contribution in [0.25, 0.3) is 0 Å². The van der Waals surface area contributed by atoms with Crippen LogP contribution < -0.4 is 5.32 Å². The highest BCUT2D eigenvalue weighted by atomic mass is 35.5. The minimum atomic E-state index is -0.120. The topological polar surface area (TPSA) is 46.2 Å². The summed E-state index contributed by atoms with van der Waals surface area (Å²) < 4.78 is 0. The maximum absolute atomic E-state index is 12.7. The number of nitrogens with one attached hydrogen (secondary N) is 1. The van der Waals surface area contributed by atoms with Crippen LogP contribution in [0, 0.1) is 0 Å². The molecule has 4 heteroatoms. The van der Waals surface area contributed by atoms with E-state index < -0.39 is 0 Å². The van der Waals surface area contributed by atoms with E-state index in [2.05, 4.69) is 5.32 Å². The Bertz CT molecular complexity index is 752. The summed E-state index contributed by atoms with van der Waals surface area (Å²) in [5.41, 5.74) is 4.05. The average molecular weight is 300 g/mol. The Morgan fingerprint density at radius 3 is 2.57 bits per heavy atom. The van der Waals surface area contributed by atoms with Gasteiger partial charge in [0.2, 0.25) is 5.91 Å². The Hall–Kier alpha value is -2.13. The van der Waals surface area contributed by atoms with Crippen molar-refractivity contribution in [3.8, 4) is 0 Å². The van der Waals surface area contributed by atoms with E-state index in [0.717, 1.165) is 29.7 Å². The van der Waals surface area contributed by atoms with E-state index in [1.807, 2.05) is 18.2 Å². The van der Waals surface area contributed by atoms with Gasteiger partial charge in [0.15, 0.2) is 5.78 Å². The molecule has 0 bridgehead atoms. The van der Waals surface area contributed by atoms with Gasteiger partial charge in [-0.15, -0.1) is 0 Å². The molecule has 0 aliphatic heterocycles. The van der Waals surface area contributed by atoms with Crippen LogP contribution in [0.15, 0.2) is 36.4 Å². The summed E-state index contributed by atoms with van der Waals surface area (Å²) in [6.45, 7) is 1.47. The van der Waals surface area contributed by atoms with Crippen LogP contribution in [-0.4, -0.2) is 11.7 Å². The third-order valence-electron chi connectivity index (χ3n) is 3.65. The lowest BCUT2D eigenvalue weighted by molar-refractivity contribution is -0.114. The van der Waals surface area contributed by atoms with Gasteiger partial charge >= 0.3 is 0 Å². The van der Waals surface area contributed by atoms with Gasteiger partial charge in [-0.05, 0) is 54.3 Å². The predicted molar refractivity (Wildman–Crippen MR) is 83.0 cm³/mol. The first-order chi connectivity index (χ1) is 10.0. The highest BCUT2D eigenvalue weighted by Crippen LogP contribution is 2.28. The fourth-order valence-corrected chi connectivity index (χ4v) is 2.87. The quantitative estimate of drug-likeness (QED) is 0.874. The van der Waals surface area contributed by atoms with Crippen molar-refractivity contribution in [2.24, 2.45) is 0 Å². The van der Waals surface area contributed by atoms with Crippen LogP contribution >= 0.6 is 11.6 Å². The fourth-order valence-electron chi connectivity index (χ4n) is 2.70. The molecule has 106 valence electrons. The fraction of sp³-hybridized carbons (Fsp3) is 0.176. The van der Waals surface area contributed by atoms with Gasteiger partial charge < -0.3 is 5.32 Å². The number of carbonyl (C=O) groups is 2. The maximum atomic E-state index is 12.7. The second-order valence-corrected chi connectivity index (χ2v) is 5.62. The number of fused-ring (bicyclic) bond motifs is 2. The molecule has 0 saturated heterocycles.